The van der Waals surface area contributed by atoms with Crippen LogP contribution in [-0.4, -0.2) is 55.2 Å². The Morgan fingerprint density at radius 3 is 3.16 bits per heavy atom. The Labute approximate surface area is 130 Å². The van der Waals surface area contributed by atoms with E-state index in [1.165, 1.54) is 0 Å². The number of nitrogens with zero attached hydrogens (tertiary/aromatic N) is 3. The molecule has 19 heavy (non-hydrogen) atoms. The molecule has 1 aromatic rings. The lowest BCUT2D eigenvalue weighted by molar-refractivity contribution is -0.0136. The van der Waals surface area contributed by atoms with Crippen molar-refractivity contribution in [2.24, 2.45) is 10.7 Å². The second-order valence-corrected chi connectivity index (χ2v) is 4.32. The van der Waals surface area contributed by atoms with Crippen LogP contribution in [0.2, 0.25) is 0 Å². The van der Waals surface area contributed by atoms with Crippen LogP contribution < -0.4 is 11.1 Å². The summed E-state index contributed by atoms with van der Waals surface area (Å²) in [6, 6.07) is 5.58. The number of pyridine rings is 1. The molecule has 106 valence electrons. The second kappa shape index (κ2) is 8.28. The van der Waals surface area contributed by atoms with Crippen molar-refractivity contribution in [3.8, 4) is 0 Å². The SMILES string of the molecule is CN1CCOC(CN=C(N)Nc2ccccn2)C1.I. The highest BCUT2D eigenvalue weighted by atomic mass is 127. The summed E-state index contributed by atoms with van der Waals surface area (Å²) in [6.07, 6.45) is 1.82. The minimum atomic E-state index is 0. The van der Waals surface area contributed by atoms with Crippen molar-refractivity contribution < 1.29 is 4.74 Å². The Bertz CT molecular complexity index is 400. The molecule has 2 rings (SSSR count). The predicted octanol–water partition coefficient (Wildman–Crippen LogP) is 0.757. The van der Waals surface area contributed by atoms with Crippen LogP contribution in [0.4, 0.5) is 5.82 Å². The van der Waals surface area contributed by atoms with Gasteiger partial charge in [0, 0.05) is 19.3 Å². The van der Waals surface area contributed by atoms with Crippen molar-refractivity contribution in [2.45, 2.75) is 6.10 Å². The Morgan fingerprint density at radius 1 is 1.63 bits per heavy atom. The van der Waals surface area contributed by atoms with Crippen LogP contribution in [0.1, 0.15) is 0 Å². The van der Waals surface area contributed by atoms with E-state index in [0.717, 1.165) is 19.7 Å². The van der Waals surface area contributed by atoms with Crippen molar-refractivity contribution in [2.75, 3.05) is 38.6 Å². The van der Waals surface area contributed by atoms with E-state index in [4.69, 9.17) is 10.5 Å². The Balaban J connectivity index is 0.00000180. The molecule has 1 fully saturated rings. The molecule has 0 amide bonds. The molecule has 6 nitrogen and oxygen atoms in total. The lowest BCUT2D eigenvalue weighted by Gasteiger charge is -2.29. The Hall–Kier alpha value is -0.930. The van der Waals surface area contributed by atoms with E-state index in [9.17, 15) is 0 Å². The molecule has 0 saturated carbocycles. The number of rotatable bonds is 3. The Kier molecular flexibility index (Phi) is 7.03. The van der Waals surface area contributed by atoms with Gasteiger partial charge in [-0.15, -0.1) is 24.0 Å². The minimum Gasteiger partial charge on any atom is -0.374 e. The first-order valence-corrected chi connectivity index (χ1v) is 6.02. The summed E-state index contributed by atoms with van der Waals surface area (Å²) < 4.78 is 5.60. The number of guanidine groups is 1. The smallest absolute Gasteiger partial charge is 0.194 e. The van der Waals surface area contributed by atoms with Crippen molar-refractivity contribution in [3.05, 3.63) is 24.4 Å². The second-order valence-electron chi connectivity index (χ2n) is 4.32. The first-order chi connectivity index (χ1) is 8.74. The molecular formula is C12H20IN5O. The largest absolute Gasteiger partial charge is 0.374 e. The Morgan fingerprint density at radius 2 is 2.47 bits per heavy atom. The van der Waals surface area contributed by atoms with E-state index in [1.807, 2.05) is 18.2 Å². The number of anilines is 1. The molecule has 0 aliphatic carbocycles. The fourth-order valence-corrected chi connectivity index (χ4v) is 1.78. The number of morpholine rings is 1. The molecule has 1 aromatic heterocycles. The fourth-order valence-electron chi connectivity index (χ4n) is 1.78. The molecular weight excluding hydrogens is 357 g/mol. The number of hydrogen-bond donors (Lipinski definition) is 2. The van der Waals surface area contributed by atoms with Gasteiger partial charge in [0.25, 0.3) is 0 Å². The summed E-state index contributed by atoms with van der Waals surface area (Å²) in [5, 5.41) is 2.94. The molecule has 1 aliphatic rings. The number of nitrogens with two attached hydrogens (primary N) is 1. The summed E-state index contributed by atoms with van der Waals surface area (Å²) in [6.45, 7) is 3.18. The zero-order valence-corrected chi connectivity index (χ0v) is 13.3. The molecule has 0 aromatic carbocycles. The van der Waals surface area contributed by atoms with Crippen molar-refractivity contribution in [1.29, 1.82) is 0 Å². The highest BCUT2D eigenvalue weighted by Crippen LogP contribution is 2.03. The number of ether oxygens (including phenoxy) is 1. The van der Waals surface area contributed by atoms with Crippen LogP contribution in [0.3, 0.4) is 0 Å². The number of halogens is 1. The van der Waals surface area contributed by atoms with Gasteiger partial charge in [-0.25, -0.2) is 4.98 Å². The first kappa shape index (κ1) is 16.1. The highest BCUT2D eigenvalue weighted by molar-refractivity contribution is 14.0. The monoisotopic (exact) mass is 377 g/mol. The predicted molar refractivity (Wildman–Crippen MR) is 87.0 cm³/mol. The molecule has 0 radical (unpaired) electrons. The van der Waals surface area contributed by atoms with E-state index < -0.39 is 0 Å². The van der Waals surface area contributed by atoms with Crippen LogP contribution in [0.15, 0.2) is 29.4 Å². The molecule has 1 atom stereocenters. The maximum Gasteiger partial charge on any atom is 0.194 e. The molecule has 7 heteroatoms. The highest BCUT2D eigenvalue weighted by Gasteiger charge is 2.16. The fraction of sp³-hybridized carbons (Fsp3) is 0.500. The number of likely N-dealkylation sites (N-methyl/N-ethyl adjacent to an activating group) is 1. The van der Waals surface area contributed by atoms with Crippen LogP contribution >= 0.6 is 24.0 Å². The first-order valence-electron chi connectivity index (χ1n) is 6.02. The normalized spacial score (nSPS) is 20.7. The third kappa shape index (κ3) is 5.70. The summed E-state index contributed by atoms with van der Waals surface area (Å²) in [7, 11) is 2.08. The van der Waals surface area contributed by atoms with Gasteiger partial charge in [0.15, 0.2) is 5.96 Å². The van der Waals surface area contributed by atoms with Gasteiger partial charge in [-0.05, 0) is 19.2 Å². The van der Waals surface area contributed by atoms with Gasteiger partial charge in [0.1, 0.15) is 5.82 Å². The van der Waals surface area contributed by atoms with Crippen molar-refractivity contribution >= 4 is 35.8 Å². The maximum absolute atomic E-state index is 5.79. The van der Waals surface area contributed by atoms with Crippen LogP contribution in [0.25, 0.3) is 0 Å². The van der Waals surface area contributed by atoms with Gasteiger partial charge in [0.2, 0.25) is 0 Å². The van der Waals surface area contributed by atoms with Crippen LogP contribution in [-0.2, 0) is 4.74 Å². The number of aromatic nitrogens is 1. The standard InChI is InChI=1S/C12H19N5O.HI/c1-17-6-7-18-10(9-17)8-15-12(13)16-11-4-2-3-5-14-11;/h2-5,10H,6-9H2,1H3,(H3,13,14,15,16);1H. The zero-order chi connectivity index (χ0) is 12.8. The zero-order valence-electron chi connectivity index (χ0n) is 11.0. The van der Waals surface area contributed by atoms with Crippen LogP contribution in [0.5, 0.6) is 0 Å². The molecule has 3 N–H and O–H groups in total. The van der Waals surface area contributed by atoms with Gasteiger partial charge < -0.3 is 20.7 Å². The number of hydrogen-bond acceptors (Lipinski definition) is 4. The van der Waals surface area contributed by atoms with Crippen molar-refractivity contribution in [3.63, 3.8) is 0 Å². The molecule has 1 unspecified atom stereocenters. The quantitative estimate of drug-likeness (QED) is 0.462. The van der Waals surface area contributed by atoms with E-state index in [-0.39, 0.29) is 30.1 Å². The molecule has 1 saturated heterocycles. The van der Waals surface area contributed by atoms with Gasteiger partial charge in [-0.1, -0.05) is 6.07 Å². The summed E-state index contributed by atoms with van der Waals surface area (Å²) >= 11 is 0. The molecule has 2 heterocycles. The molecule has 0 bridgehead atoms. The third-order valence-electron chi connectivity index (χ3n) is 2.73. The van der Waals surface area contributed by atoms with E-state index >= 15 is 0 Å². The topological polar surface area (TPSA) is 75.8 Å². The summed E-state index contributed by atoms with van der Waals surface area (Å²) in [5.41, 5.74) is 5.79. The van der Waals surface area contributed by atoms with Gasteiger partial charge in [-0.2, -0.15) is 0 Å². The average Bonchev–Trinajstić information content (AvgIpc) is 2.38. The van der Waals surface area contributed by atoms with Gasteiger partial charge >= 0.3 is 0 Å². The lowest BCUT2D eigenvalue weighted by atomic mass is 10.3. The summed E-state index contributed by atoms with van der Waals surface area (Å²) in [4.78, 5) is 10.6. The van der Waals surface area contributed by atoms with E-state index in [0.29, 0.717) is 18.3 Å². The summed E-state index contributed by atoms with van der Waals surface area (Å²) in [5.74, 6) is 1.06. The number of aliphatic imine (C=N–C) groups is 1. The van der Waals surface area contributed by atoms with Crippen molar-refractivity contribution in [1.82, 2.24) is 9.88 Å². The molecule has 1 aliphatic heterocycles. The number of nitrogens with one attached hydrogen (secondary N) is 1. The van der Waals surface area contributed by atoms with E-state index in [1.54, 1.807) is 6.20 Å². The van der Waals surface area contributed by atoms with Gasteiger partial charge in [0.05, 0.1) is 19.3 Å². The lowest BCUT2D eigenvalue weighted by Crippen LogP contribution is -2.41. The maximum atomic E-state index is 5.79. The van der Waals surface area contributed by atoms with Crippen LogP contribution in [0, 0.1) is 0 Å². The van der Waals surface area contributed by atoms with E-state index in [2.05, 4.69) is 27.2 Å². The third-order valence-corrected chi connectivity index (χ3v) is 2.73. The minimum absolute atomic E-state index is 0. The average molecular weight is 377 g/mol. The van der Waals surface area contributed by atoms with Gasteiger partial charge in [-0.3, -0.25) is 4.99 Å². The molecule has 0 spiro atoms.